The quantitative estimate of drug-likeness (QED) is 0.215. The second kappa shape index (κ2) is 12.5. The van der Waals surface area contributed by atoms with E-state index in [1.54, 1.807) is 12.4 Å². The molecular weight excluding hydrogens is 548 g/mol. The van der Waals surface area contributed by atoms with Crippen molar-refractivity contribution >= 4 is 28.2 Å². The van der Waals surface area contributed by atoms with E-state index in [1.165, 1.54) is 0 Å². The summed E-state index contributed by atoms with van der Waals surface area (Å²) >= 11 is 0. The van der Waals surface area contributed by atoms with Crippen LogP contribution in [0.5, 0.6) is 0 Å². The number of pyridine rings is 1. The largest absolute Gasteiger partial charge is 0.379 e. The molecule has 8 heteroatoms. The van der Waals surface area contributed by atoms with Gasteiger partial charge in [0.05, 0.1) is 30.3 Å². The highest BCUT2D eigenvalue weighted by Crippen LogP contribution is 2.35. The van der Waals surface area contributed by atoms with Crippen molar-refractivity contribution in [3.05, 3.63) is 102 Å². The Bertz CT molecular complexity index is 1770. The van der Waals surface area contributed by atoms with E-state index >= 15 is 0 Å². The smallest absolute Gasteiger partial charge is 0.323 e. The number of carbonyl (C=O) groups excluding carboxylic acids is 1. The lowest BCUT2D eigenvalue weighted by Crippen LogP contribution is -2.35. The molecule has 0 bridgehead atoms. The predicted octanol–water partition coefficient (Wildman–Crippen LogP) is 7.44. The molecule has 2 N–H and O–H groups in total. The van der Waals surface area contributed by atoms with Gasteiger partial charge in [-0.2, -0.15) is 0 Å². The number of carbonyl (C=O) groups is 1. The predicted molar refractivity (Wildman–Crippen MR) is 177 cm³/mol. The molecule has 224 valence electrons. The van der Waals surface area contributed by atoms with Crippen LogP contribution >= 0.6 is 0 Å². The monoisotopic (exact) mass is 586 g/mol. The Morgan fingerprint density at radius 3 is 2.18 bits per heavy atom. The molecule has 6 rings (SSSR count). The van der Waals surface area contributed by atoms with Gasteiger partial charge in [0.15, 0.2) is 0 Å². The van der Waals surface area contributed by atoms with E-state index in [4.69, 9.17) is 9.72 Å². The molecule has 3 aromatic carbocycles. The van der Waals surface area contributed by atoms with Gasteiger partial charge in [-0.1, -0.05) is 69.3 Å². The Morgan fingerprint density at radius 2 is 1.48 bits per heavy atom. The number of hydrogen-bond donors (Lipinski definition) is 2. The maximum absolute atomic E-state index is 13.5. The van der Waals surface area contributed by atoms with Gasteiger partial charge in [0.2, 0.25) is 0 Å². The summed E-state index contributed by atoms with van der Waals surface area (Å²) in [5.41, 5.74) is 7.30. The van der Waals surface area contributed by atoms with Crippen LogP contribution in [-0.4, -0.2) is 52.2 Å². The molecule has 1 saturated heterocycles. The fourth-order valence-electron chi connectivity index (χ4n) is 5.50. The number of amides is 2. The first-order valence-corrected chi connectivity index (χ1v) is 15.0. The molecule has 8 nitrogen and oxygen atoms in total. The zero-order chi connectivity index (χ0) is 30.7. The number of anilines is 2. The normalized spacial score (nSPS) is 14.0. The van der Waals surface area contributed by atoms with Crippen LogP contribution in [0.25, 0.3) is 33.0 Å². The molecule has 0 atom stereocenters. The number of urea groups is 1. The summed E-state index contributed by atoms with van der Waals surface area (Å²) in [6.45, 7) is 12.5. The summed E-state index contributed by atoms with van der Waals surface area (Å²) in [7, 11) is 0. The highest BCUT2D eigenvalue weighted by molar-refractivity contribution is 6.10. The molecule has 5 aromatic rings. The Morgan fingerprint density at radius 1 is 0.795 bits per heavy atom. The number of morpholine rings is 1. The van der Waals surface area contributed by atoms with Gasteiger partial charge in [-0.3, -0.25) is 9.88 Å². The van der Waals surface area contributed by atoms with Crippen LogP contribution in [0.1, 0.15) is 37.9 Å². The van der Waals surface area contributed by atoms with Gasteiger partial charge < -0.3 is 15.4 Å². The van der Waals surface area contributed by atoms with Crippen molar-refractivity contribution in [2.45, 2.75) is 39.7 Å². The summed E-state index contributed by atoms with van der Waals surface area (Å²) in [4.78, 5) is 29.4. The summed E-state index contributed by atoms with van der Waals surface area (Å²) in [6, 6.07) is 22.2. The lowest BCUT2D eigenvalue weighted by atomic mass is 9.85. The van der Waals surface area contributed by atoms with Gasteiger partial charge in [-0.25, -0.2) is 14.8 Å². The minimum Gasteiger partial charge on any atom is -0.379 e. The number of rotatable bonds is 6. The van der Waals surface area contributed by atoms with Crippen molar-refractivity contribution < 1.29 is 9.53 Å². The topological polar surface area (TPSA) is 92.3 Å². The maximum atomic E-state index is 13.5. The van der Waals surface area contributed by atoms with Crippen molar-refractivity contribution in [3.8, 4) is 22.3 Å². The van der Waals surface area contributed by atoms with Crippen LogP contribution < -0.4 is 10.6 Å². The van der Waals surface area contributed by atoms with E-state index in [2.05, 4.69) is 70.5 Å². The number of nitrogens with one attached hydrogen (secondary N) is 2. The number of benzene rings is 3. The third kappa shape index (κ3) is 6.61. The Hall–Kier alpha value is -4.66. The molecule has 0 saturated carbocycles. The number of ether oxygens (including phenoxy) is 1. The zero-order valence-electron chi connectivity index (χ0n) is 25.7. The third-order valence-corrected chi connectivity index (χ3v) is 8.02. The maximum Gasteiger partial charge on any atom is 0.323 e. The number of hydrogen-bond acceptors (Lipinski definition) is 6. The fraction of sp³-hybridized carbons (Fsp3) is 0.278. The average Bonchev–Trinajstić information content (AvgIpc) is 3.02. The molecule has 2 aromatic heterocycles. The summed E-state index contributed by atoms with van der Waals surface area (Å²) in [6.07, 6.45) is 5.51. The van der Waals surface area contributed by atoms with Crippen molar-refractivity contribution in [1.29, 1.82) is 0 Å². The molecule has 1 aliphatic heterocycles. The minimum absolute atomic E-state index is 0.0865. The van der Waals surface area contributed by atoms with E-state index in [9.17, 15) is 4.79 Å². The van der Waals surface area contributed by atoms with Crippen molar-refractivity contribution in [3.63, 3.8) is 0 Å². The minimum atomic E-state index is -0.322. The van der Waals surface area contributed by atoms with E-state index in [0.717, 1.165) is 82.8 Å². The van der Waals surface area contributed by atoms with Crippen molar-refractivity contribution in [2.24, 2.45) is 0 Å². The zero-order valence-corrected chi connectivity index (χ0v) is 25.7. The number of aryl methyl sites for hydroxylation is 1. The van der Waals surface area contributed by atoms with E-state index in [0.29, 0.717) is 11.5 Å². The first kappa shape index (κ1) is 29.4. The van der Waals surface area contributed by atoms with Gasteiger partial charge in [0.1, 0.15) is 5.82 Å². The summed E-state index contributed by atoms with van der Waals surface area (Å²) in [5, 5.41) is 8.20. The number of nitrogens with zero attached hydrogens (tertiary/aromatic N) is 4. The average molecular weight is 587 g/mol. The molecule has 0 spiro atoms. The van der Waals surface area contributed by atoms with Gasteiger partial charge in [-0.15, -0.1) is 0 Å². The summed E-state index contributed by atoms with van der Waals surface area (Å²) in [5.74, 6) is 0.697. The highest BCUT2D eigenvalue weighted by atomic mass is 16.5. The van der Waals surface area contributed by atoms with Crippen LogP contribution in [0.15, 0.2) is 85.3 Å². The van der Waals surface area contributed by atoms with E-state index in [1.807, 2.05) is 55.6 Å². The van der Waals surface area contributed by atoms with Crippen LogP contribution in [0.4, 0.5) is 16.2 Å². The Labute approximate surface area is 258 Å². The first-order chi connectivity index (χ1) is 21.2. The highest BCUT2D eigenvalue weighted by Gasteiger charge is 2.19. The van der Waals surface area contributed by atoms with E-state index < -0.39 is 0 Å². The lowest BCUT2D eigenvalue weighted by molar-refractivity contribution is 0.0336. The first-order valence-electron chi connectivity index (χ1n) is 15.0. The van der Waals surface area contributed by atoms with Gasteiger partial charge in [0, 0.05) is 60.3 Å². The Balaban J connectivity index is 1.25. The molecular formula is C36H38N6O2. The molecule has 0 aliphatic carbocycles. The molecule has 2 amide bonds. The van der Waals surface area contributed by atoms with Gasteiger partial charge in [0.25, 0.3) is 0 Å². The number of aromatic nitrogens is 3. The van der Waals surface area contributed by atoms with Crippen LogP contribution in [-0.2, 0) is 16.7 Å². The fourth-order valence-corrected chi connectivity index (χ4v) is 5.50. The lowest BCUT2D eigenvalue weighted by Gasteiger charge is -2.26. The SMILES string of the molecule is Cc1ncc(-c2ccc(C(C)(C)C)cc2NC(=O)Nc2ccc(-c3ccc(CN4CCOCC4)nc3)c3ccccc23)cn1. The molecule has 44 heavy (non-hydrogen) atoms. The molecule has 1 aliphatic rings. The van der Waals surface area contributed by atoms with Crippen LogP contribution in [0, 0.1) is 6.92 Å². The van der Waals surface area contributed by atoms with Gasteiger partial charge >= 0.3 is 6.03 Å². The Kier molecular flexibility index (Phi) is 8.37. The molecule has 0 unspecified atom stereocenters. The third-order valence-electron chi connectivity index (χ3n) is 8.02. The van der Waals surface area contributed by atoms with E-state index in [-0.39, 0.29) is 11.4 Å². The molecule has 0 radical (unpaired) electrons. The van der Waals surface area contributed by atoms with Crippen molar-refractivity contribution in [2.75, 3.05) is 36.9 Å². The summed E-state index contributed by atoms with van der Waals surface area (Å²) < 4.78 is 5.47. The molecule has 1 fully saturated rings. The molecule has 3 heterocycles. The van der Waals surface area contributed by atoms with Crippen LogP contribution in [0.3, 0.4) is 0 Å². The van der Waals surface area contributed by atoms with Crippen molar-refractivity contribution in [1.82, 2.24) is 19.9 Å². The van der Waals surface area contributed by atoms with Crippen LogP contribution in [0.2, 0.25) is 0 Å². The second-order valence-electron chi connectivity index (χ2n) is 12.2. The van der Waals surface area contributed by atoms with Gasteiger partial charge in [-0.05, 0) is 47.1 Å². The number of fused-ring (bicyclic) bond motifs is 1. The second-order valence-corrected chi connectivity index (χ2v) is 12.2. The standard InChI is InChI=1S/C36H38N6O2/c1-24-37-21-26(22-38-24)30-12-10-27(36(2,3)4)19-34(30)41-35(43)40-33-14-13-29(31-7-5-6-8-32(31)33)25-9-11-28(39-20-25)23-42-15-17-44-18-16-42/h5-14,19-22H,15-18,23H2,1-4H3,(H2,40,41,43).